The van der Waals surface area contributed by atoms with E-state index in [9.17, 15) is 14.4 Å². The van der Waals surface area contributed by atoms with Gasteiger partial charge in [0.15, 0.2) is 0 Å². The van der Waals surface area contributed by atoms with Gasteiger partial charge in [-0.05, 0) is 49.1 Å². The fraction of sp³-hybridized carbons (Fsp3) is 0.370. The zero-order valence-electron chi connectivity index (χ0n) is 20.3. The lowest BCUT2D eigenvalue weighted by molar-refractivity contribution is -0.137. The molecular weight excluding hydrogens is 466 g/mol. The molecule has 1 fully saturated rings. The molecule has 36 heavy (non-hydrogen) atoms. The summed E-state index contributed by atoms with van der Waals surface area (Å²) in [5, 5.41) is 24.4. The highest BCUT2D eigenvalue weighted by atomic mass is 16.5. The number of ether oxygens (including phenoxy) is 2. The molecule has 0 bridgehead atoms. The Bertz CT molecular complexity index is 967. The largest absolute Gasteiger partial charge is 0.497 e. The van der Waals surface area contributed by atoms with Crippen LogP contribution in [0.15, 0.2) is 66.7 Å². The van der Waals surface area contributed by atoms with E-state index in [-0.39, 0.29) is 18.6 Å². The van der Waals surface area contributed by atoms with E-state index in [2.05, 4.69) is 29.2 Å². The van der Waals surface area contributed by atoms with Crippen molar-refractivity contribution in [3.63, 3.8) is 0 Å². The summed E-state index contributed by atoms with van der Waals surface area (Å²) in [6.07, 6.45) is 4.09. The Morgan fingerprint density at radius 2 is 1.47 bits per heavy atom. The summed E-state index contributed by atoms with van der Waals surface area (Å²) in [5.74, 6) is -2.39. The highest BCUT2D eigenvalue weighted by Crippen LogP contribution is 2.31. The molecule has 0 radical (unpaired) electrons. The van der Waals surface area contributed by atoms with E-state index in [0.29, 0.717) is 18.6 Å². The summed E-state index contributed by atoms with van der Waals surface area (Å²) in [5.41, 5.74) is 2.27. The molecule has 0 aliphatic carbocycles. The number of nitrogens with zero attached hydrogens (tertiary/aromatic N) is 1. The van der Waals surface area contributed by atoms with Crippen LogP contribution in [0.5, 0.6) is 5.75 Å². The van der Waals surface area contributed by atoms with Crippen molar-refractivity contribution in [2.75, 3.05) is 26.7 Å². The highest BCUT2D eigenvalue weighted by molar-refractivity contribution is 5.89. The Kier molecular flexibility index (Phi) is 12.2. The summed E-state index contributed by atoms with van der Waals surface area (Å²) in [6.45, 7) is 2.75. The molecule has 9 nitrogen and oxygen atoms in total. The smallest absolute Gasteiger partial charge is 0.328 e. The molecular formula is C27H33NO8. The van der Waals surface area contributed by atoms with Crippen molar-refractivity contribution < 1.29 is 39.2 Å². The van der Waals surface area contributed by atoms with Crippen LogP contribution in [-0.4, -0.2) is 71.0 Å². The van der Waals surface area contributed by atoms with Crippen LogP contribution in [0.2, 0.25) is 0 Å². The van der Waals surface area contributed by atoms with Crippen LogP contribution in [0.1, 0.15) is 42.9 Å². The van der Waals surface area contributed by atoms with Crippen molar-refractivity contribution in [2.45, 2.75) is 37.9 Å². The minimum absolute atomic E-state index is 0.101. The molecule has 2 aromatic rings. The predicted octanol–water partition coefficient (Wildman–Crippen LogP) is 3.84. The number of likely N-dealkylation sites (tertiary alicyclic amines) is 1. The summed E-state index contributed by atoms with van der Waals surface area (Å²) >= 11 is 0. The number of hydrogen-bond acceptors (Lipinski definition) is 6. The first-order chi connectivity index (χ1) is 17.3. The zero-order chi connectivity index (χ0) is 26.3. The van der Waals surface area contributed by atoms with Gasteiger partial charge in [-0.2, -0.15) is 0 Å². The van der Waals surface area contributed by atoms with Crippen molar-refractivity contribution in [1.82, 2.24) is 4.90 Å². The molecule has 0 amide bonds. The van der Waals surface area contributed by atoms with Crippen molar-refractivity contribution in [3.05, 3.63) is 77.9 Å². The van der Waals surface area contributed by atoms with E-state index in [1.165, 1.54) is 0 Å². The normalized spacial score (nSPS) is 15.0. The van der Waals surface area contributed by atoms with Gasteiger partial charge < -0.3 is 29.7 Å². The van der Waals surface area contributed by atoms with Gasteiger partial charge in [0.2, 0.25) is 0 Å². The van der Waals surface area contributed by atoms with Crippen molar-refractivity contribution >= 4 is 17.9 Å². The molecule has 1 heterocycles. The van der Waals surface area contributed by atoms with E-state index >= 15 is 0 Å². The Balaban J connectivity index is 0.000000493. The zero-order valence-corrected chi connectivity index (χ0v) is 20.3. The third-order valence-electron chi connectivity index (χ3n) is 5.62. The first kappa shape index (κ1) is 28.5. The van der Waals surface area contributed by atoms with E-state index < -0.39 is 17.9 Å². The summed E-state index contributed by atoms with van der Waals surface area (Å²) in [4.78, 5) is 32.1. The van der Waals surface area contributed by atoms with E-state index in [1.54, 1.807) is 7.11 Å². The lowest BCUT2D eigenvalue weighted by Gasteiger charge is -2.34. The molecule has 1 atom stereocenters. The summed E-state index contributed by atoms with van der Waals surface area (Å²) in [6, 6.07) is 18.4. The number of methoxy groups -OCH3 is 1. The van der Waals surface area contributed by atoms with E-state index in [4.69, 9.17) is 24.8 Å². The molecule has 3 N–H and O–H groups in total. The van der Waals surface area contributed by atoms with Gasteiger partial charge in [0.05, 0.1) is 13.2 Å². The average molecular weight is 500 g/mol. The fourth-order valence-corrected chi connectivity index (χ4v) is 3.81. The van der Waals surface area contributed by atoms with Crippen LogP contribution in [-0.2, 0) is 19.1 Å². The van der Waals surface area contributed by atoms with E-state index in [1.807, 2.05) is 30.3 Å². The van der Waals surface area contributed by atoms with Gasteiger partial charge in [0.1, 0.15) is 11.9 Å². The third-order valence-corrected chi connectivity index (χ3v) is 5.62. The van der Waals surface area contributed by atoms with Gasteiger partial charge in [-0.15, -0.1) is 0 Å². The molecule has 2 aromatic carbocycles. The SMILES string of the molecule is COc1ccc(C(OC2CCN(CCCC(=O)O)CC2)c2ccccc2)cc1.O=C(O)C=CC(=O)O. The lowest BCUT2D eigenvalue weighted by atomic mass is 10.00. The number of aliphatic carboxylic acids is 3. The molecule has 1 aliphatic rings. The molecule has 3 rings (SSSR count). The second kappa shape index (κ2) is 15.3. The summed E-state index contributed by atoms with van der Waals surface area (Å²) in [7, 11) is 1.67. The van der Waals surface area contributed by atoms with Crippen LogP contribution in [0.25, 0.3) is 0 Å². The topological polar surface area (TPSA) is 134 Å². The molecule has 0 spiro atoms. The van der Waals surface area contributed by atoms with Crippen molar-refractivity contribution in [3.8, 4) is 5.75 Å². The maximum Gasteiger partial charge on any atom is 0.328 e. The second-order valence-electron chi connectivity index (χ2n) is 8.25. The van der Waals surface area contributed by atoms with Crippen LogP contribution in [0.4, 0.5) is 0 Å². The first-order valence-electron chi connectivity index (χ1n) is 11.7. The molecule has 1 saturated heterocycles. The minimum atomic E-state index is -1.26. The maximum absolute atomic E-state index is 10.7. The molecule has 9 heteroatoms. The second-order valence-corrected chi connectivity index (χ2v) is 8.25. The first-order valence-corrected chi connectivity index (χ1v) is 11.7. The van der Waals surface area contributed by atoms with Crippen molar-refractivity contribution in [1.29, 1.82) is 0 Å². The Hall–Kier alpha value is -3.69. The number of carboxylic acids is 3. The number of rotatable bonds is 11. The fourth-order valence-electron chi connectivity index (χ4n) is 3.81. The monoisotopic (exact) mass is 499 g/mol. The highest BCUT2D eigenvalue weighted by Gasteiger charge is 2.24. The van der Waals surface area contributed by atoms with Gasteiger partial charge >= 0.3 is 17.9 Å². The van der Waals surface area contributed by atoms with Gasteiger partial charge in [0, 0.05) is 31.7 Å². The number of carbonyl (C=O) groups is 3. The lowest BCUT2D eigenvalue weighted by Crippen LogP contribution is -2.38. The molecule has 1 aliphatic heterocycles. The average Bonchev–Trinajstić information content (AvgIpc) is 2.88. The number of carboxylic acid groups (broad SMARTS) is 3. The van der Waals surface area contributed by atoms with Gasteiger partial charge in [-0.3, -0.25) is 4.79 Å². The summed E-state index contributed by atoms with van der Waals surface area (Å²) < 4.78 is 11.8. The standard InChI is InChI=1S/C23H29NO4.C4H4O4/c1-27-20-11-9-19(10-12-20)23(18-6-3-2-4-7-18)28-21-13-16-24(17-14-21)15-5-8-22(25)26;5-3(6)1-2-4(7)8/h2-4,6-7,9-12,21,23H,5,8,13-17H2,1H3,(H,25,26);1-2H,(H,5,6)(H,7,8). The van der Waals surface area contributed by atoms with Crippen LogP contribution in [0, 0.1) is 0 Å². The number of piperidine rings is 1. The van der Waals surface area contributed by atoms with Crippen LogP contribution >= 0.6 is 0 Å². The molecule has 194 valence electrons. The number of benzene rings is 2. The minimum Gasteiger partial charge on any atom is -0.497 e. The Morgan fingerprint density at radius 3 is 1.97 bits per heavy atom. The van der Waals surface area contributed by atoms with Crippen LogP contribution in [0.3, 0.4) is 0 Å². The van der Waals surface area contributed by atoms with Gasteiger partial charge in [0.25, 0.3) is 0 Å². The molecule has 0 saturated carbocycles. The Morgan fingerprint density at radius 1 is 0.917 bits per heavy atom. The quantitative estimate of drug-likeness (QED) is 0.394. The van der Waals surface area contributed by atoms with Gasteiger partial charge in [-0.1, -0.05) is 42.5 Å². The van der Waals surface area contributed by atoms with Crippen molar-refractivity contribution in [2.24, 2.45) is 0 Å². The predicted molar refractivity (Wildman–Crippen MR) is 133 cm³/mol. The third kappa shape index (κ3) is 10.7. The Labute approximate surface area is 210 Å². The van der Waals surface area contributed by atoms with Crippen LogP contribution < -0.4 is 4.74 Å². The molecule has 1 unspecified atom stereocenters. The van der Waals surface area contributed by atoms with Gasteiger partial charge in [-0.25, -0.2) is 9.59 Å². The molecule has 0 aromatic heterocycles. The maximum atomic E-state index is 10.7. The number of hydrogen-bond donors (Lipinski definition) is 3. The van der Waals surface area contributed by atoms with E-state index in [0.717, 1.165) is 49.4 Å².